The van der Waals surface area contributed by atoms with E-state index in [1.54, 1.807) is 0 Å². The van der Waals surface area contributed by atoms with Crippen molar-refractivity contribution in [3.8, 4) is 0 Å². The van der Waals surface area contributed by atoms with Gasteiger partial charge in [-0.2, -0.15) is 0 Å². The Morgan fingerprint density at radius 2 is 1.85 bits per heavy atom. The van der Waals surface area contributed by atoms with Crippen molar-refractivity contribution in [3.05, 3.63) is 53.9 Å². The van der Waals surface area contributed by atoms with Gasteiger partial charge in [0.2, 0.25) is 0 Å². The van der Waals surface area contributed by atoms with Crippen LogP contribution >= 0.6 is 0 Å². The highest BCUT2D eigenvalue weighted by Crippen LogP contribution is 2.33. The number of H-pyrrole nitrogens is 1. The smallest absolute Gasteiger partial charge is 0.128 e. The zero-order chi connectivity index (χ0) is 17.8. The Kier molecular flexibility index (Phi) is 3.44. The maximum Gasteiger partial charge on any atom is 0.128 e. The van der Waals surface area contributed by atoms with E-state index in [0.29, 0.717) is 11.8 Å². The van der Waals surface area contributed by atoms with Crippen molar-refractivity contribution in [1.82, 2.24) is 9.97 Å². The topological polar surface area (TPSA) is 44.4 Å². The third-order valence-electron chi connectivity index (χ3n) is 6.54. The molecule has 3 aromatic rings. The molecule has 3 aliphatic heterocycles. The van der Waals surface area contributed by atoms with E-state index < -0.39 is 0 Å². The molecule has 0 spiro atoms. The van der Waals surface area contributed by atoms with Crippen LogP contribution in [0.2, 0.25) is 0 Å². The Morgan fingerprint density at radius 1 is 1.00 bits per heavy atom. The quantitative estimate of drug-likeness (QED) is 0.762. The Balaban J connectivity index is 1.21. The molecule has 5 nitrogen and oxygen atoms in total. The van der Waals surface area contributed by atoms with E-state index in [9.17, 15) is 0 Å². The number of rotatable bonds is 2. The van der Waals surface area contributed by atoms with Crippen LogP contribution in [0, 0.1) is 11.8 Å². The molecular formula is C22H24N4O. The molecule has 5 heteroatoms. The number of nitrogens with zero attached hydrogens (tertiary/aromatic N) is 3. The first kappa shape index (κ1) is 15.5. The van der Waals surface area contributed by atoms with Crippen LogP contribution < -0.4 is 9.80 Å². The summed E-state index contributed by atoms with van der Waals surface area (Å²) in [6, 6.07) is 13.1. The highest BCUT2D eigenvalue weighted by Gasteiger charge is 2.37. The molecule has 0 amide bonds. The standard InChI is InChI=1S/C22H24N4O/c1-2-4-20-18(3-1)19-7-8-25(12-21(19)24-20)17-5-6-22(23-9-17)26-10-15-13-27-14-16(15)11-26/h1-6,9,15-16,24H,7-8,10-14H2. The van der Waals surface area contributed by atoms with Crippen LogP contribution in [0.5, 0.6) is 0 Å². The molecule has 0 radical (unpaired) electrons. The van der Waals surface area contributed by atoms with Gasteiger partial charge in [0, 0.05) is 48.1 Å². The minimum Gasteiger partial charge on any atom is -0.381 e. The van der Waals surface area contributed by atoms with Gasteiger partial charge in [0.25, 0.3) is 0 Å². The monoisotopic (exact) mass is 360 g/mol. The Hall–Kier alpha value is -2.53. The van der Waals surface area contributed by atoms with E-state index in [1.165, 1.54) is 27.8 Å². The number of pyridine rings is 1. The first-order valence-corrected chi connectivity index (χ1v) is 9.97. The van der Waals surface area contributed by atoms with Crippen LogP contribution in [0.15, 0.2) is 42.6 Å². The molecule has 2 atom stereocenters. The van der Waals surface area contributed by atoms with Gasteiger partial charge in [-0.25, -0.2) is 4.98 Å². The van der Waals surface area contributed by atoms with Gasteiger partial charge >= 0.3 is 0 Å². The molecule has 0 saturated carbocycles. The molecule has 2 saturated heterocycles. The van der Waals surface area contributed by atoms with Gasteiger partial charge in [0.1, 0.15) is 5.82 Å². The van der Waals surface area contributed by atoms with Gasteiger partial charge in [-0.3, -0.25) is 0 Å². The molecule has 0 aliphatic carbocycles. The van der Waals surface area contributed by atoms with Crippen molar-refractivity contribution < 1.29 is 4.74 Å². The molecule has 5 heterocycles. The van der Waals surface area contributed by atoms with E-state index in [-0.39, 0.29) is 0 Å². The number of hydrogen-bond donors (Lipinski definition) is 1. The molecule has 2 fully saturated rings. The van der Waals surface area contributed by atoms with Crippen molar-refractivity contribution in [2.45, 2.75) is 13.0 Å². The van der Waals surface area contributed by atoms with Crippen LogP contribution in [0.4, 0.5) is 11.5 Å². The fourth-order valence-corrected chi connectivity index (χ4v) is 5.04. The summed E-state index contributed by atoms with van der Waals surface area (Å²) in [6.45, 7) is 5.97. The third kappa shape index (κ3) is 2.52. The van der Waals surface area contributed by atoms with Crippen molar-refractivity contribution in [3.63, 3.8) is 0 Å². The lowest BCUT2D eigenvalue weighted by Gasteiger charge is -2.29. The Labute approximate surface area is 158 Å². The number of hydrogen-bond acceptors (Lipinski definition) is 4. The minimum atomic E-state index is 0.689. The number of ether oxygens (including phenoxy) is 1. The molecular weight excluding hydrogens is 336 g/mol. The molecule has 3 aliphatic rings. The summed E-state index contributed by atoms with van der Waals surface area (Å²) in [4.78, 5) is 13.3. The molecule has 1 N–H and O–H groups in total. The zero-order valence-corrected chi connectivity index (χ0v) is 15.4. The first-order valence-electron chi connectivity index (χ1n) is 9.97. The van der Waals surface area contributed by atoms with Crippen LogP contribution in [-0.2, 0) is 17.7 Å². The highest BCUT2D eigenvalue weighted by molar-refractivity contribution is 5.85. The maximum absolute atomic E-state index is 5.59. The summed E-state index contributed by atoms with van der Waals surface area (Å²) >= 11 is 0. The van der Waals surface area contributed by atoms with E-state index in [2.05, 4.69) is 51.2 Å². The second kappa shape index (κ2) is 5.99. The summed E-state index contributed by atoms with van der Waals surface area (Å²) in [6.07, 6.45) is 3.13. The van der Waals surface area contributed by atoms with Crippen molar-refractivity contribution in [2.75, 3.05) is 42.6 Å². The molecule has 2 aromatic heterocycles. The lowest BCUT2D eigenvalue weighted by Crippen LogP contribution is -2.30. The molecule has 1 aromatic carbocycles. The van der Waals surface area contributed by atoms with Crippen LogP contribution in [-0.4, -0.2) is 42.8 Å². The lowest BCUT2D eigenvalue weighted by molar-refractivity contribution is 0.177. The average molecular weight is 360 g/mol. The molecule has 138 valence electrons. The highest BCUT2D eigenvalue weighted by atomic mass is 16.5. The van der Waals surface area contributed by atoms with Crippen LogP contribution in [0.3, 0.4) is 0 Å². The summed E-state index contributed by atoms with van der Waals surface area (Å²) < 4.78 is 5.59. The van der Waals surface area contributed by atoms with Gasteiger partial charge in [0.05, 0.1) is 31.6 Å². The number of anilines is 2. The first-order chi connectivity index (χ1) is 13.3. The van der Waals surface area contributed by atoms with Gasteiger partial charge in [-0.05, 0) is 30.2 Å². The predicted molar refractivity (Wildman–Crippen MR) is 107 cm³/mol. The second-order valence-electron chi connectivity index (χ2n) is 8.14. The van der Waals surface area contributed by atoms with Crippen molar-refractivity contribution in [1.29, 1.82) is 0 Å². The van der Waals surface area contributed by atoms with Gasteiger partial charge < -0.3 is 19.5 Å². The number of benzene rings is 1. The minimum absolute atomic E-state index is 0.689. The summed E-state index contributed by atoms with van der Waals surface area (Å²) in [7, 11) is 0. The average Bonchev–Trinajstić information content (AvgIpc) is 3.40. The van der Waals surface area contributed by atoms with Gasteiger partial charge in [-0.15, -0.1) is 0 Å². The zero-order valence-electron chi connectivity index (χ0n) is 15.4. The van der Waals surface area contributed by atoms with Gasteiger partial charge in [0.15, 0.2) is 0 Å². The molecule has 0 bridgehead atoms. The molecule has 6 rings (SSSR count). The Bertz CT molecular complexity index is 968. The normalized spacial score (nSPS) is 24.4. The molecule has 2 unspecified atom stereocenters. The summed E-state index contributed by atoms with van der Waals surface area (Å²) in [5.74, 6) is 2.49. The fraction of sp³-hybridized carbons (Fsp3) is 0.409. The van der Waals surface area contributed by atoms with Crippen LogP contribution in [0.1, 0.15) is 11.3 Å². The van der Waals surface area contributed by atoms with Crippen LogP contribution in [0.25, 0.3) is 10.9 Å². The largest absolute Gasteiger partial charge is 0.381 e. The number of para-hydroxylation sites is 1. The summed E-state index contributed by atoms with van der Waals surface area (Å²) in [5, 5.41) is 1.38. The van der Waals surface area contributed by atoms with E-state index in [4.69, 9.17) is 9.72 Å². The van der Waals surface area contributed by atoms with Crippen molar-refractivity contribution >= 4 is 22.4 Å². The molecule has 27 heavy (non-hydrogen) atoms. The predicted octanol–water partition coefficient (Wildman–Crippen LogP) is 3.21. The SMILES string of the molecule is c1ccc2c3c([nH]c2c1)CN(c1ccc(N2CC4COCC4C2)nc1)CC3. The van der Waals surface area contributed by atoms with E-state index in [0.717, 1.165) is 51.6 Å². The third-order valence-corrected chi connectivity index (χ3v) is 6.54. The van der Waals surface area contributed by atoms with Gasteiger partial charge in [-0.1, -0.05) is 18.2 Å². The Morgan fingerprint density at radius 3 is 2.67 bits per heavy atom. The summed E-state index contributed by atoms with van der Waals surface area (Å²) in [5.41, 5.74) is 5.29. The lowest BCUT2D eigenvalue weighted by atomic mass is 10.0. The number of aromatic nitrogens is 2. The van der Waals surface area contributed by atoms with E-state index in [1.807, 2.05) is 6.20 Å². The van der Waals surface area contributed by atoms with E-state index >= 15 is 0 Å². The number of nitrogens with one attached hydrogen (secondary N) is 1. The van der Waals surface area contributed by atoms with Crippen molar-refractivity contribution in [2.24, 2.45) is 11.8 Å². The number of fused-ring (bicyclic) bond motifs is 4. The number of aromatic amines is 1. The maximum atomic E-state index is 5.59. The fourth-order valence-electron chi connectivity index (χ4n) is 5.04. The second-order valence-corrected chi connectivity index (χ2v) is 8.14.